The highest BCUT2D eigenvalue weighted by Gasteiger charge is 2.40. The molecule has 0 atom stereocenters. The lowest BCUT2D eigenvalue weighted by molar-refractivity contribution is 0.0698. The number of nitrogens with two attached hydrogens (primary N) is 1. The van der Waals surface area contributed by atoms with Crippen LogP contribution in [0.2, 0.25) is 0 Å². The third kappa shape index (κ3) is 3.21. The second-order valence-corrected chi connectivity index (χ2v) is 7.38. The van der Waals surface area contributed by atoms with E-state index in [1.54, 1.807) is 4.31 Å². The van der Waals surface area contributed by atoms with Gasteiger partial charge in [-0.25, -0.2) is 0 Å². The molecule has 0 bridgehead atoms. The molecule has 1 saturated heterocycles. The van der Waals surface area contributed by atoms with E-state index in [0.29, 0.717) is 38.5 Å². The minimum atomic E-state index is -3.44. The SMILES string of the molecule is Nc1ccccc1CN(C1CC1)S(=O)(=O)N1CCOCC1. The van der Waals surface area contributed by atoms with Crippen LogP contribution in [0.1, 0.15) is 18.4 Å². The molecule has 0 radical (unpaired) electrons. The summed E-state index contributed by atoms with van der Waals surface area (Å²) in [5, 5.41) is 0. The van der Waals surface area contributed by atoms with E-state index in [9.17, 15) is 8.42 Å². The zero-order valence-electron chi connectivity index (χ0n) is 11.9. The quantitative estimate of drug-likeness (QED) is 0.817. The number of hydrogen-bond acceptors (Lipinski definition) is 4. The molecule has 0 aromatic heterocycles. The maximum absolute atomic E-state index is 12.8. The molecule has 3 rings (SSSR count). The van der Waals surface area contributed by atoms with Crippen LogP contribution in [0.25, 0.3) is 0 Å². The number of hydrogen-bond donors (Lipinski definition) is 1. The minimum Gasteiger partial charge on any atom is -0.398 e. The van der Waals surface area contributed by atoms with Crippen molar-refractivity contribution in [3.8, 4) is 0 Å². The van der Waals surface area contributed by atoms with Gasteiger partial charge in [-0.1, -0.05) is 18.2 Å². The number of benzene rings is 1. The number of nitrogens with zero attached hydrogens (tertiary/aromatic N) is 2. The molecular formula is C14H21N3O3S. The maximum Gasteiger partial charge on any atom is 0.282 e. The minimum absolute atomic E-state index is 0.109. The molecule has 0 spiro atoms. The van der Waals surface area contributed by atoms with E-state index < -0.39 is 10.2 Å². The Morgan fingerprint density at radius 1 is 1.24 bits per heavy atom. The van der Waals surface area contributed by atoms with E-state index >= 15 is 0 Å². The average molecular weight is 311 g/mol. The summed E-state index contributed by atoms with van der Waals surface area (Å²) in [6.07, 6.45) is 1.85. The summed E-state index contributed by atoms with van der Waals surface area (Å²) in [5.41, 5.74) is 7.46. The van der Waals surface area contributed by atoms with Crippen molar-refractivity contribution in [2.75, 3.05) is 32.0 Å². The predicted molar refractivity (Wildman–Crippen MR) is 80.7 cm³/mol. The lowest BCUT2D eigenvalue weighted by atomic mass is 10.2. The number of anilines is 1. The monoisotopic (exact) mass is 311 g/mol. The van der Waals surface area contributed by atoms with Gasteiger partial charge in [-0.15, -0.1) is 0 Å². The molecule has 1 saturated carbocycles. The highest BCUT2D eigenvalue weighted by atomic mass is 32.2. The van der Waals surface area contributed by atoms with Gasteiger partial charge < -0.3 is 10.5 Å². The fourth-order valence-corrected chi connectivity index (χ4v) is 4.33. The molecule has 116 valence electrons. The van der Waals surface area contributed by atoms with Crippen molar-refractivity contribution < 1.29 is 13.2 Å². The number of morpholine rings is 1. The summed E-state index contributed by atoms with van der Waals surface area (Å²) in [7, 11) is -3.44. The first-order valence-electron chi connectivity index (χ1n) is 7.27. The van der Waals surface area contributed by atoms with Crippen LogP contribution in [-0.2, 0) is 21.5 Å². The summed E-state index contributed by atoms with van der Waals surface area (Å²) in [5.74, 6) is 0. The molecule has 2 fully saturated rings. The van der Waals surface area contributed by atoms with Gasteiger partial charge in [0.1, 0.15) is 0 Å². The normalized spacial score (nSPS) is 20.8. The largest absolute Gasteiger partial charge is 0.398 e. The van der Waals surface area contributed by atoms with Crippen molar-refractivity contribution in [3.05, 3.63) is 29.8 Å². The Balaban J connectivity index is 1.82. The third-order valence-electron chi connectivity index (χ3n) is 3.93. The molecule has 0 amide bonds. The zero-order valence-corrected chi connectivity index (χ0v) is 12.8. The van der Waals surface area contributed by atoms with Gasteiger partial charge in [-0.05, 0) is 24.5 Å². The Hall–Kier alpha value is -1.15. The molecule has 1 aliphatic heterocycles. The Morgan fingerprint density at radius 2 is 1.90 bits per heavy atom. The Labute approximate surface area is 125 Å². The standard InChI is InChI=1S/C14H21N3O3S/c15-14-4-2-1-3-12(14)11-17(13-5-6-13)21(18,19)16-7-9-20-10-8-16/h1-4,13H,5-11,15H2. The van der Waals surface area contributed by atoms with Crippen molar-refractivity contribution in [1.29, 1.82) is 0 Å². The highest BCUT2D eigenvalue weighted by molar-refractivity contribution is 7.86. The van der Waals surface area contributed by atoms with Crippen molar-refractivity contribution in [3.63, 3.8) is 0 Å². The van der Waals surface area contributed by atoms with E-state index in [4.69, 9.17) is 10.5 Å². The Morgan fingerprint density at radius 3 is 2.52 bits per heavy atom. The van der Waals surface area contributed by atoms with E-state index in [1.165, 1.54) is 4.31 Å². The number of para-hydroxylation sites is 1. The summed E-state index contributed by atoms with van der Waals surface area (Å²) in [6.45, 7) is 2.12. The van der Waals surface area contributed by atoms with Gasteiger partial charge in [0.15, 0.2) is 0 Å². The smallest absolute Gasteiger partial charge is 0.282 e. The van der Waals surface area contributed by atoms with Gasteiger partial charge in [0.25, 0.3) is 10.2 Å². The van der Waals surface area contributed by atoms with Gasteiger partial charge in [0.2, 0.25) is 0 Å². The summed E-state index contributed by atoms with van der Waals surface area (Å²) in [6, 6.07) is 7.55. The average Bonchev–Trinajstić information content (AvgIpc) is 3.31. The van der Waals surface area contributed by atoms with Crippen molar-refractivity contribution in [2.24, 2.45) is 0 Å². The zero-order chi connectivity index (χ0) is 14.9. The van der Waals surface area contributed by atoms with Gasteiger partial charge >= 0.3 is 0 Å². The third-order valence-corrected chi connectivity index (χ3v) is 5.97. The van der Waals surface area contributed by atoms with Crippen molar-refractivity contribution in [2.45, 2.75) is 25.4 Å². The molecule has 1 aromatic rings. The predicted octanol–water partition coefficient (Wildman–Crippen LogP) is 0.810. The molecule has 7 heteroatoms. The van der Waals surface area contributed by atoms with Gasteiger partial charge in [-0.3, -0.25) is 0 Å². The Kier molecular flexibility index (Phi) is 4.17. The molecule has 0 unspecified atom stereocenters. The lowest BCUT2D eigenvalue weighted by Gasteiger charge is -2.32. The molecule has 1 aliphatic carbocycles. The highest BCUT2D eigenvalue weighted by Crippen LogP contribution is 2.33. The number of nitrogen functional groups attached to an aromatic ring is 1. The number of ether oxygens (including phenoxy) is 1. The molecule has 1 aromatic carbocycles. The number of rotatable bonds is 5. The van der Waals surface area contributed by atoms with Crippen LogP contribution in [0, 0.1) is 0 Å². The molecule has 1 heterocycles. The van der Waals surface area contributed by atoms with Crippen LogP contribution < -0.4 is 5.73 Å². The summed E-state index contributed by atoms with van der Waals surface area (Å²) in [4.78, 5) is 0. The van der Waals surface area contributed by atoms with Crippen LogP contribution >= 0.6 is 0 Å². The Bertz CT molecular complexity index is 595. The fraction of sp³-hybridized carbons (Fsp3) is 0.571. The molecular weight excluding hydrogens is 290 g/mol. The van der Waals surface area contributed by atoms with Crippen LogP contribution in [0.3, 0.4) is 0 Å². The molecule has 6 nitrogen and oxygen atoms in total. The van der Waals surface area contributed by atoms with Crippen LogP contribution in [0.15, 0.2) is 24.3 Å². The van der Waals surface area contributed by atoms with Gasteiger partial charge in [0, 0.05) is 31.4 Å². The first-order valence-corrected chi connectivity index (χ1v) is 8.67. The van der Waals surface area contributed by atoms with Crippen molar-refractivity contribution >= 4 is 15.9 Å². The topological polar surface area (TPSA) is 75.9 Å². The molecule has 21 heavy (non-hydrogen) atoms. The molecule has 2 aliphatic rings. The first kappa shape index (κ1) is 14.8. The maximum atomic E-state index is 12.8. The molecule has 2 N–H and O–H groups in total. The summed E-state index contributed by atoms with van der Waals surface area (Å²) < 4.78 is 34.0. The van der Waals surface area contributed by atoms with Crippen LogP contribution in [0.4, 0.5) is 5.69 Å². The second kappa shape index (κ2) is 5.92. The summed E-state index contributed by atoms with van der Waals surface area (Å²) >= 11 is 0. The lowest BCUT2D eigenvalue weighted by Crippen LogP contribution is -2.49. The van der Waals surface area contributed by atoms with Gasteiger partial charge in [-0.2, -0.15) is 17.0 Å². The van der Waals surface area contributed by atoms with Crippen molar-refractivity contribution in [1.82, 2.24) is 8.61 Å². The van der Waals surface area contributed by atoms with Crippen LogP contribution in [0.5, 0.6) is 0 Å². The van der Waals surface area contributed by atoms with E-state index in [0.717, 1.165) is 18.4 Å². The first-order chi connectivity index (χ1) is 10.1. The van der Waals surface area contributed by atoms with E-state index in [-0.39, 0.29) is 6.04 Å². The van der Waals surface area contributed by atoms with Gasteiger partial charge in [0.05, 0.1) is 13.2 Å². The second-order valence-electron chi connectivity index (χ2n) is 5.49. The fourth-order valence-electron chi connectivity index (χ4n) is 2.53. The van der Waals surface area contributed by atoms with Crippen LogP contribution in [-0.4, -0.2) is 49.4 Å². The van der Waals surface area contributed by atoms with E-state index in [2.05, 4.69) is 0 Å². The van der Waals surface area contributed by atoms with E-state index in [1.807, 2.05) is 24.3 Å².